The van der Waals surface area contributed by atoms with Crippen LogP contribution in [0.15, 0.2) is 30.5 Å². The van der Waals surface area contributed by atoms with E-state index < -0.39 is 0 Å². The van der Waals surface area contributed by atoms with Crippen molar-refractivity contribution in [3.05, 3.63) is 36.0 Å². The smallest absolute Gasteiger partial charge is 0.0457 e. The van der Waals surface area contributed by atoms with E-state index in [-0.39, 0.29) is 0 Å². The summed E-state index contributed by atoms with van der Waals surface area (Å²) >= 11 is 0. The van der Waals surface area contributed by atoms with E-state index >= 15 is 0 Å². The molecule has 0 saturated carbocycles. The van der Waals surface area contributed by atoms with E-state index in [0.29, 0.717) is 18.5 Å². The lowest BCUT2D eigenvalue weighted by Crippen LogP contribution is -2.39. The van der Waals surface area contributed by atoms with Gasteiger partial charge in [0.15, 0.2) is 0 Å². The van der Waals surface area contributed by atoms with Crippen LogP contribution >= 0.6 is 0 Å². The second kappa shape index (κ2) is 5.34. The highest BCUT2D eigenvalue weighted by Crippen LogP contribution is 2.17. The molecule has 2 rings (SSSR count). The van der Waals surface area contributed by atoms with E-state index in [1.807, 2.05) is 6.20 Å². The van der Waals surface area contributed by atoms with Crippen LogP contribution in [0, 0.1) is 5.92 Å². The molecule has 1 aromatic heterocycles. The maximum atomic E-state index is 5.76. The van der Waals surface area contributed by atoms with Gasteiger partial charge in [-0.05, 0) is 23.6 Å². The standard InChI is InChI=1S/C14H21N3/c1-10(2)14(8-15)17-9-11-4-3-5-13-12(11)6-7-16-13/h3-7,10,14,16-17H,8-9,15H2,1-2H3. The van der Waals surface area contributed by atoms with Gasteiger partial charge in [0.25, 0.3) is 0 Å². The molecule has 0 aliphatic rings. The van der Waals surface area contributed by atoms with E-state index in [9.17, 15) is 0 Å². The van der Waals surface area contributed by atoms with Crippen LogP contribution in [0.25, 0.3) is 10.9 Å². The second-order valence-corrected chi connectivity index (χ2v) is 4.82. The van der Waals surface area contributed by atoms with E-state index in [4.69, 9.17) is 5.73 Å². The minimum absolute atomic E-state index is 0.379. The van der Waals surface area contributed by atoms with E-state index in [2.05, 4.69) is 48.4 Å². The van der Waals surface area contributed by atoms with Gasteiger partial charge in [0, 0.05) is 36.2 Å². The van der Waals surface area contributed by atoms with Gasteiger partial charge >= 0.3 is 0 Å². The Morgan fingerprint density at radius 3 is 2.82 bits per heavy atom. The van der Waals surface area contributed by atoms with Gasteiger partial charge in [0.2, 0.25) is 0 Å². The van der Waals surface area contributed by atoms with Crippen molar-refractivity contribution in [3.63, 3.8) is 0 Å². The minimum atomic E-state index is 0.379. The van der Waals surface area contributed by atoms with Gasteiger partial charge < -0.3 is 16.0 Å². The summed E-state index contributed by atoms with van der Waals surface area (Å²) in [6, 6.07) is 8.85. The number of hydrogen-bond acceptors (Lipinski definition) is 2. The number of hydrogen-bond donors (Lipinski definition) is 3. The maximum Gasteiger partial charge on any atom is 0.0457 e. The normalized spacial score (nSPS) is 13.4. The van der Waals surface area contributed by atoms with Crippen molar-refractivity contribution in [2.75, 3.05) is 6.54 Å². The van der Waals surface area contributed by atoms with Gasteiger partial charge in [-0.1, -0.05) is 26.0 Å². The summed E-state index contributed by atoms with van der Waals surface area (Å²) < 4.78 is 0. The van der Waals surface area contributed by atoms with Crippen LogP contribution in [-0.4, -0.2) is 17.6 Å². The highest BCUT2D eigenvalue weighted by atomic mass is 14.9. The summed E-state index contributed by atoms with van der Waals surface area (Å²) in [5.74, 6) is 0.561. The molecule has 92 valence electrons. The average Bonchev–Trinajstić information content (AvgIpc) is 2.78. The summed E-state index contributed by atoms with van der Waals surface area (Å²) in [5, 5.41) is 4.82. The molecule has 4 N–H and O–H groups in total. The van der Waals surface area contributed by atoms with Gasteiger partial charge in [-0.2, -0.15) is 0 Å². The number of aromatic nitrogens is 1. The van der Waals surface area contributed by atoms with Crippen molar-refractivity contribution in [3.8, 4) is 0 Å². The Bertz CT molecular complexity index is 473. The zero-order chi connectivity index (χ0) is 12.3. The molecule has 17 heavy (non-hydrogen) atoms. The Balaban J connectivity index is 2.10. The Labute approximate surface area is 102 Å². The topological polar surface area (TPSA) is 53.8 Å². The lowest BCUT2D eigenvalue weighted by molar-refractivity contribution is 0.405. The third-order valence-electron chi connectivity index (χ3n) is 3.30. The summed E-state index contributed by atoms with van der Waals surface area (Å²) in [7, 11) is 0. The molecule has 0 saturated heterocycles. The van der Waals surface area contributed by atoms with Crippen molar-refractivity contribution in [2.45, 2.75) is 26.4 Å². The third-order valence-corrected chi connectivity index (χ3v) is 3.30. The molecule has 3 heteroatoms. The molecule has 0 bridgehead atoms. The number of aromatic amines is 1. The van der Waals surface area contributed by atoms with Crippen molar-refractivity contribution >= 4 is 10.9 Å². The fraction of sp³-hybridized carbons (Fsp3) is 0.429. The fourth-order valence-electron chi connectivity index (χ4n) is 2.14. The number of fused-ring (bicyclic) bond motifs is 1. The molecular weight excluding hydrogens is 210 g/mol. The van der Waals surface area contributed by atoms with Crippen LogP contribution in [0.1, 0.15) is 19.4 Å². The molecule has 3 nitrogen and oxygen atoms in total. The van der Waals surface area contributed by atoms with Gasteiger partial charge in [-0.3, -0.25) is 0 Å². The van der Waals surface area contributed by atoms with Crippen molar-refractivity contribution < 1.29 is 0 Å². The summed E-state index contributed by atoms with van der Waals surface area (Å²) in [5.41, 5.74) is 8.28. The van der Waals surface area contributed by atoms with Gasteiger partial charge in [-0.25, -0.2) is 0 Å². The quantitative estimate of drug-likeness (QED) is 0.739. The lowest BCUT2D eigenvalue weighted by atomic mass is 10.0. The summed E-state index contributed by atoms with van der Waals surface area (Å²) in [6.45, 7) is 5.94. The molecule has 1 heterocycles. The Morgan fingerprint density at radius 2 is 2.12 bits per heavy atom. The van der Waals surface area contributed by atoms with Crippen molar-refractivity contribution in [1.82, 2.24) is 10.3 Å². The molecule has 0 fully saturated rings. The average molecular weight is 231 g/mol. The lowest BCUT2D eigenvalue weighted by Gasteiger charge is -2.20. The van der Waals surface area contributed by atoms with Crippen LogP contribution in [0.5, 0.6) is 0 Å². The molecule has 2 aromatic rings. The van der Waals surface area contributed by atoms with Gasteiger partial charge in [0.05, 0.1) is 0 Å². The zero-order valence-electron chi connectivity index (χ0n) is 10.5. The molecule has 1 unspecified atom stereocenters. The fourth-order valence-corrected chi connectivity index (χ4v) is 2.14. The molecular formula is C14H21N3. The Morgan fingerprint density at radius 1 is 1.29 bits per heavy atom. The molecule has 0 aliphatic heterocycles. The largest absolute Gasteiger partial charge is 0.361 e. The number of nitrogens with two attached hydrogens (primary N) is 1. The highest BCUT2D eigenvalue weighted by Gasteiger charge is 2.11. The predicted octanol–water partition coefficient (Wildman–Crippen LogP) is 2.24. The Kier molecular flexibility index (Phi) is 3.82. The van der Waals surface area contributed by atoms with Crippen molar-refractivity contribution in [2.24, 2.45) is 11.7 Å². The van der Waals surface area contributed by atoms with E-state index in [1.54, 1.807) is 0 Å². The van der Waals surface area contributed by atoms with E-state index in [0.717, 1.165) is 6.54 Å². The molecule has 0 amide bonds. The van der Waals surface area contributed by atoms with Crippen molar-refractivity contribution in [1.29, 1.82) is 0 Å². The SMILES string of the molecule is CC(C)C(CN)NCc1cccc2[nH]ccc12. The summed E-state index contributed by atoms with van der Waals surface area (Å²) in [4.78, 5) is 3.23. The van der Waals surface area contributed by atoms with Crippen LogP contribution < -0.4 is 11.1 Å². The predicted molar refractivity (Wildman–Crippen MR) is 72.8 cm³/mol. The first-order chi connectivity index (χ1) is 8.22. The second-order valence-electron chi connectivity index (χ2n) is 4.82. The molecule has 1 atom stereocenters. The monoisotopic (exact) mass is 231 g/mol. The molecule has 0 spiro atoms. The maximum absolute atomic E-state index is 5.76. The number of nitrogens with one attached hydrogen (secondary N) is 2. The number of rotatable bonds is 5. The first kappa shape index (κ1) is 12.1. The number of benzene rings is 1. The first-order valence-corrected chi connectivity index (χ1v) is 6.21. The van der Waals surface area contributed by atoms with Crippen LogP contribution in [0.2, 0.25) is 0 Å². The summed E-state index contributed by atoms with van der Waals surface area (Å²) in [6.07, 6.45) is 1.98. The molecule has 0 aliphatic carbocycles. The van der Waals surface area contributed by atoms with Crippen LogP contribution in [-0.2, 0) is 6.54 Å². The first-order valence-electron chi connectivity index (χ1n) is 6.21. The Hall–Kier alpha value is -1.32. The third kappa shape index (κ3) is 2.68. The van der Waals surface area contributed by atoms with E-state index in [1.165, 1.54) is 16.5 Å². The minimum Gasteiger partial charge on any atom is -0.361 e. The molecule has 0 radical (unpaired) electrons. The van der Waals surface area contributed by atoms with Gasteiger partial charge in [-0.15, -0.1) is 0 Å². The molecule has 1 aromatic carbocycles. The zero-order valence-corrected chi connectivity index (χ0v) is 10.5. The van der Waals surface area contributed by atoms with Crippen LogP contribution in [0.3, 0.4) is 0 Å². The van der Waals surface area contributed by atoms with Crippen LogP contribution in [0.4, 0.5) is 0 Å². The van der Waals surface area contributed by atoms with Gasteiger partial charge in [0.1, 0.15) is 0 Å². The highest BCUT2D eigenvalue weighted by molar-refractivity contribution is 5.82. The number of H-pyrrole nitrogens is 1.